The maximum Gasteiger partial charge on any atom is 0.310 e. The summed E-state index contributed by atoms with van der Waals surface area (Å²) in [4.78, 5) is 11.2. The number of esters is 1. The Kier molecular flexibility index (Phi) is 4.97. The molecule has 1 aromatic rings. The van der Waals surface area contributed by atoms with Gasteiger partial charge in [0, 0.05) is 9.80 Å². The van der Waals surface area contributed by atoms with Gasteiger partial charge in [-0.25, -0.2) is 0 Å². The second-order valence-corrected chi connectivity index (χ2v) is 4.47. The molecule has 5 heteroatoms. The third kappa shape index (κ3) is 3.06. The van der Waals surface area contributed by atoms with E-state index in [4.69, 9.17) is 5.26 Å². The molecule has 0 aliphatic carbocycles. The molecule has 0 spiro atoms. The molecule has 0 fully saturated rings. The summed E-state index contributed by atoms with van der Waals surface area (Å²) in [5.41, 5.74) is 2.25. The lowest BCUT2D eigenvalue weighted by molar-refractivity contribution is -0.139. The lowest BCUT2D eigenvalue weighted by atomic mass is 10.0. The zero-order valence-corrected chi connectivity index (χ0v) is 11.8. The van der Waals surface area contributed by atoms with E-state index in [0.717, 1.165) is 11.1 Å². The molecule has 0 heterocycles. The van der Waals surface area contributed by atoms with Gasteiger partial charge in [0.1, 0.15) is 6.07 Å². The molecule has 1 aromatic carbocycles. The van der Waals surface area contributed by atoms with E-state index in [1.807, 2.05) is 6.07 Å². The van der Waals surface area contributed by atoms with Gasteiger partial charge in [0.2, 0.25) is 0 Å². The monoisotopic (exact) mass is 345 g/mol. The lowest BCUT2D eigenvalue weighted by Gasteiger charge is -2.07. The Morgan fingerprint density at radius 2 is 2.25 bits per heavy atom. The molecule has 0 unspecified atom stereocenters. The zero-order chi connectivity index (χ0) is 12.1. The van der Waals surface area contributed by atoms with Crippen molar-refractivity contribution in [3.63, 3.8) is 0 Å². The van der Waals surface area contributed by atoms with Crippen molar-refractivity contribution in [2.24, 2.45) is 0 Å². The number of halogens is 2. The number of rotatable bonds is 3. The highest BCUT2D eigenvalue weighted by atomic mass is 79.9. The number of carbonyl (C=O) groups excluding carboxylic acids is 1. The SMILES string of the molecule is COC(=O)Cc1cc(CBr)cc(C#N)c1Br. The largest absolute Gasteiger partial charge is 0.469 e. The van der Waals surface area contributed by atoms with Crippen LogP contribution in [0.25, 0.3) is 0 Å². The minimum atomic E-state index is -0.323. The van der Waals surface area contributed by atoms with Crippen molar-refractivity contribution in [3.8, 4) is 6.07 Å². The standard InChI is InChI=1S/C11H9Br2NO2/c1-16-10(15)4-8-2-7(5-12)3-9(6-14)11(8)13/h2-3H,4-5H2,1H3. The molecule has 0 bridgehead atoms. The molecule has 0 saturated carbocycles. The van der Waals surface area contributed by atoms with E-state index in [1.165, 1.54) is 7.11 Å². The van der Waals surface area contributed by atoms with E-state index in [9.17, 15) is 4.79 Å². The second kappa shape index (κ2) is 6.02. The van der Waals surface area contributed by atoms with E-state index >= 15 is 0 Å². The molecule has 0 aliphatic rings. The quantitative estimate of drug-likeness (QED) is 0.624. The molecule has 0 radical (unpaired) electrons. The maximum absolute atomic E-state index is 11.2. The van der Waals surface area contributed by atoms with Crippen LogP contribution in [0, 0.1) is 11.3 Å². The molecular weight excluding hydrogens is 338 g/mol. The van der Waals surface area contributed by atoms with E-state index in [0.29, 0.717) is 15.4 Å². The van der Waals surface area contributed by atoms with Gasteiger partial charge in [-0.1, -0.05) is 22.0 Å². The average molecular weight is 347 g/mol. The van der Waals surface area contributed by atoms with Crippen molar-refractivity contribution in [1.82, 2.24) is 0 Å². The van der Waals surface area contributed by atoms with Crippen LogP contribution in [-0.2, 0) is 21.3 Å². The molecule has 0 amide bonds. The molecule has 0 N–H and O–H groups in total. The van der Waals surface area contributed by atoms with Crippen LogP contribution >= 0.6 is 31.9 Å². The van der Waals surface area contributed by atoms with Crippen LogP contribution in [0.5, 0.6) is 0 Å². The fraction of sp³-hybridized carbons (Fsp3) is 0.273. The Balaban J connectivity index is 3.17. The van der Waals surface area contributed by atoms with Crippen LogP contribution in [0.3, 0.4) is 0 Å². The summed E-state index contributed by atoms with van der Waals surface area (Å²) in [7, 11) is 1.34. The molecule has 0 aromatic heterocycles. The van der Waals surface area contributed by atoms with Gasteiger partial charge in [0.05, 0.1) is 19.1 Å². The number of hydrogen-bond donors (Lipinski definition) is 0. The Labute approximate surface area is 111 Å². The van der Waals surface area contributed by atoms with Gasteiger partial charge in [0.25, 0.3) is 0 Å². The summed E-state index contributed by atoms with van der Waals surface area (Å²) < 4.78 is 5.26. The third-order valence-corrected chi connectivity index (χ3v) is 3.63. The fourth-order valence-corrected chi connectivity index (χ4v) is 2.05. The Bertz CT molecular complexity index is 452. The summed E-state index contributed by atoms with van der Waals surface area (Å²) in [5, 5.41) is 9.58. The van der Waals surface area contributed by atoms with Gasteiger partial charge in [-0.3, -0.25) is 4.79 Å². The summed E-state index contributed by atoms with van der Waals surface area (Å²) in [6.07, 6.45) is 0.159. The first kappa shape index (κ1) is 13.2. The van der Waals surface area contributed by atoms with Gasteiger partial charge in [-0.05, 0) is 33.1 Å². The van der Waals surface area contributed by atoms with Crippen LogP contribution in [0.2, 0.25) is 0 Å². The van der Waals surface area contributed by atoms with Crippen molar-refractivity contribution in [3.05, 3.63) is 33.3 Å². The van der Waals surface area contributed by atoms with Crippen LogP contribution in [-0.4, -0.2) is 13.1 Å². The number of benzene rings is 1. The predicted octanol–water partition coefficient (Wildman–Crippen LogP) is 2.93. The van der Waals surface area contributed by atoms with Gasteiger partial charge >= 0.3 is 5.97 Å². The predicted molar refractivity (Wildman–Crippen MR) is 67.2 cm³/mol. The molecule has 0 atom stereocenters. The summed E-state index contributed by atoms with van der Waals surface area (Å²) in [6, 6.07) is 5.73. The van der Waals surface area contributed by atoms with E-state index in [-0.39, 0.29) is 12.4 Å². The van der Waals surface area contributed by atoms with Crippen LogP contribution < -0.4 is 0 Å². The first-order valence-corrected chi connectivity index (χ1v) is 6.38. The highest BCUT2D eigenvalue weighted by molar-refractivity contribution is 9.10. The zero-order valence-electron chi connectivity index (χ0n) is 8.59. The smallest absolute Gasteiger partial charge is 0.310 e. The minimum Gasteiger partial charge on any atom is -0.469 e. The topological polar surface area (TPSA) is 50.1 Å². The van der Waals surface area contributed by atoms with Crippen molar-refractivity contribution in [2.75, 3.05) is 7.11 Å². The first-order valence-electron chi connectivity index (χ1n) is 4.46. The Morgan fingerprint density at radius 1 is 1.56 bits per heavy atom. The van der Waals surface area contributed by atoms with Gasteiger partial charge in [-0.15, -0.1) is 0 Å². The summed E-state index contributed by atoms with van der Waals surface area (Å²) in [5.74, 6) is -0.323. The first-order chi connectivity index (χ1) is 7.62. The van der Waals surface area contributed by atoms with E-state index < -0.39 is 0 Å². The number of ether oxygens (including phenoxy) is 1. The summed E-state index contributed by atoms with van der Waals surface area (Å²) in [6.45, 7) is 0. The molecule has 0 saturated heterocycles. The molecular formula is C11H9Br2NO2. The van der Waals surface area contributed by atoms with Crippen molar-refractivity contribution < 1.29 is 9.53 Å². The van der Waals surface area contributed by atoms with Crippen molar-refractivity contribution in [1.29, 1.82) is 5.26 Å². The second-order valence-electron chi connectivity index (χ2n) is 3.11. The highest BCUT2D eigenvalue weighted by Gasteiger charge is 2.11. The Morgan fingerprint density at radius 3 is 2.75 bits per heavy atom. The van der Waals surface area contributed by atoms with Crippen LogP contribution in [0.1, 0.15) is 16.7 Å². The number of nitrogens with zero attached hydrogens (tertiary/aromatic N) is 1. The van der Waals surface area contributed by atoms with E-state index in [1.54, 1.807) is 6.07 Å². The normalized spacial score (nSPS) is 9.62. The molecule has 1 rings (SSSR count). The number of carbonyl (C=O) groups is 1. The van der Waals surface area contributed by atoms with Gasteiger partial charge in [0.15, 0.2) is 0 Å². The molecule has 0 aliphatic heterocycles. The maximum atomic E-state index is 11.2. The number of hydrogen-bond acceptors (Lipinski definition) is 3. The molecule has 84 valence electrons. The fourth-order valence-electron chi connectivity index (χ4n) is 1.27. The van der Waals surface area contributed by atoms with Crippen molar-refractivity contribution in [2.45, 2.75) is 11.8 Å². The summed E-state index contributed by atoms with van der Waals surface area (Å²) >= 11 is 6.64. The number of nitriles is 1. The van der Waals surface area contributed by atoms with E-state index in [2.05, 4.69) is 42.7 Å². The molecule has 16 heavy (non-hydrogen) atoms. The minimum absolute atomic E-state index is 0.159. The number of alkyl halides is 1. The molecule has 3 nitrogen and oxygen atoms in total. The highest BCUT2D eigenvalue weighted by Crippen LogP contribution is 2.25. The van der Waals surface area contributed by atoms with Crippen molar-refractivity contribution >= 4 is 37.8 Å². The lowest BCUT2D eigenvalue weighted by Crippen LogP contribution is -2.06. The van der Waals surface area contributed by atoms with Gasteiger partial charge in [-0.2, -0.15) is 5.26 Å². The van der Waals surface area contributed by atoms with Gasteiger partial charge < -0.3 is 4.74 Å². The van der Waals surface area contributed by atoms with Crippen LogP contribution in [0.4, 0.5) is 0 Å². The Hall–Kier alpha value is -0.860. The average Bonchev–Trinajstić information content (AvgIpc) is 2.31. The van der Waals surface area contributed by atoms with Crippen LogP contribution in [0.15, 0.2) is 16.6 Å². The number of methoxy groups -OCH3 is 1. The third-order valence-electron chi connectivity index (χ3n) is 2.04.